The van der Waals surface area contributed by atoms with Gasteiger partial charge in [0.25, 0.3) is 15.9 Å². The topological polar surface area (TPSA) is 120 Å². The van der Waals surface area contributed by atoms with Crippen molar-refractivity contribution in [3.8, 4) is 0 Å². The van der Waals surface area contributed by atoms with E-state index in [1.807, 2.05) is 0 Å². The van der Waals surface area contributed by atoms with E-state index < -0.39 is 21.7 Å². The van der Waals surface area contributed by atoms with Gasteiger partial charge in [0.2, 0.25) is 11.9 Å². The first-order valence-electron chi connectivity index (χ1n) is 10.2. The number of aromatic amines is 1. The molecule has 168 valence electrons. The molecule has 1 aliphatic rings. The molecule has 4 rings (SSSR count). The van der Waals surface area contributed by atoms with Gasteiger partial charge in [0.15, 0.2) is 0 Å². The molecule has 11 heteroatoms. The summed E-state index contributed by atoms with van der Waals surface area (Å²) in [5, 5.41) is 9.51. The molecule has 9 nitrogen and oxygen atoms in total. The number of aryl methyl sites for hydroxylation is 1. The third kappa shape index (κ3) is 4.88. The highest BCUT2D eigenvalue weighted by molar-refractivity contribution is 7.92. The van der Waals surface area contributed by atoms with Crippen molar-refractivity contribution in [1.82, 2.24) is 15.2 Å². The number of hydrogen-bond acceptors (Lipinski definition) is 6. The fourth-order valence-corrected chi connectivity index (χ4v) is 4.55. The lowest BCUT2D eigenvalue weighted by atomic mass is 10.1. The molecule has 1 amide bonds. The Balaban J connectivity index is 1.51. The Morgan fingerprint density at radius 2 is 1.81 bits per heavy atom. The molecule has 2 heterocycles. The smallest absolute Gasteiger partial charge is 0.261 e. The van der Waals surface area contributed by atoms with Crippen LogP contribution in [0.3, 0.4) is 0 Å². The van der Waals surface area contributed by atoms with E-state index in [0.29, 0.717) is 11.5 Å². The number of nitrogens with one attached hydrogen (secondary N) is 3. The van der Waals surface area contributed by atoms with Crippen molar-refractivity contribution in [2.24, 2.45) is 0 Å². The van der Waals surface area contributed by atoms with Crippen LogP contribution in [0.25, 0.3) is 0 Å². The van der Waals surface area contributed by atoms with Crippen LogP contribution in [-0.4, -0.2) is 42.6 Å². The summed E-state index contributed by atoms with van der Waals surface area (Å²) >= 11 is 0. The second-order valence-corrected chi connectivity index (χ2v) is 9.26. The van der Waals surface area contributed by atoms with Crippen LogP contribution in [0.1, 0.15) is 35.2 Å². The summed E-state index contributed by atoms with van der Waals surface area (Å²) in [6.07, 6.45) is 3.32. The summed E-state index contributed by atoms with van der Waals surface area (Å²) in [6, 6.07) is 9.19. The number of nitrogens with zero attached hydrogens (tertiary/aromatic N) is 3. The van der Waals surface area contributed by atoms with Crippen molar-refractivity contribution in [3.63, 3.8) is 0 Å². The van der Waals surface area contributed by atoms with Crippen LogP contribution >= 0.6 is 0 Å². The summed E-state index contributed by atoms with van der Waals surface area (Å²) in [5.74, 6) is -0.273. The number of aromatic nitrogens is 3. The molecule has 0 atom stereocenters. The molecule has 0 unspecified atom stereocenters. The molecular weight excluding hydrogens is 435 g/mol. The van der Waals surface area contributed by atoms with Gasteiger partial charge in [-0.3, -0.25) is 14.8 Å². The third-order valence-electron chi connectivity index (χ3n) is 5.20. The molecule has 0 aliphatic carbocycles. The highest BCUT2D eigenvalue weighted by Gasteiger charge is 2.20. The number of carbonyl (C=O) groups excluding carboxylic acids is 1. The Labute approximate surface area is 185 Å². The van der Waals surface area contributed by atoms with E-state index in [1.54, 1.807) is 13.0 Å². The number of benzene rings is 2. The van der Waals surface area contributed by atoms with E-state index in [2.05, 4.69) is 30.1 Å². The number of sulfonamides is 1. The number of hydrogen-bond donors (Lipinski definition) is 3. The summed E-state index contributed by atoms with van der Waals surface area (Å²) < 4.78 is 40.9. The molecular formula is C21H23FN6O3S. The molecule has 2 aromatic carbocycles. The molecule has 3 N–H and O–H groups in total. The van der Waals surface area contributed by atoms with Crippen LogP contribution in [0.15, 0.2) is 47.4 Å². The lowest BCUT2D eigenvalue weighted by Gasteiger charge is -2.24. The molecule has 1 aliphatic heterocycles. The lowest BCUT2D eigenvalue weighted by molar-refractivity contribution is 0.102. The summed E-state index contributed by atoms with van der Waals surface area (Å²) in [7, 11) is -3.98. The monoisotopic (exact) mass is 458 g/mol. The largest absolute Gasteiger partial charge is 0.340 e. The maximum atomic E-state index is 13.1. The number of carbonyl (C=O) groups is 1. The van der Waals surface area contributed by atoms with Crippen LogP contribution in [0.4, 0.5) is 22.0 Å². The van der Waals surface area contributed by atoms with Crippen LogP contribution < -0.4 is 14.9 Å². The molecule has 1 aromatic heterocycles. The van der Waals surface area contributed by atoms with Crippen LogP contribution in [0.5, 0.6) is 0 Å². The Morgan fingerprint density at radius 1 is 1.09 bits per heavy atom. The Hall–Kier alpha value is -3.47. The highest BCUT2D eigenvalue weighted by Crippen LogP contribution is 2.21. The second-order valence-electron chi connectivity index (χ2n) is 7.57. The van der Waals surface area contributed by atoms with E-state index in [9.17, 15) is 17.6 Å². The minimum Gasteiger partial charge on any atom is -0.340 e. The third-order valence-corrected chi connectivity index (χ3v) is 6.58. The fraction of sp³-hybridized carbons (Fsp3) is 0.286. The van der Waals surface area contributed by atoms with Gasteiger partial charge in [0, 0.05) is 24.3 Å². The van der Waals surface area contributed by atoms with Gasteiger partial charge in [-0.25, -0.2) is 17.9 Å². The highest BCUT2D eigenvalue weighted by atomic mass is 32.2. The summed E-state index contributed by atoms with van der Waals surface area (Å²) in [5.41, 5.74) is 0.992. The predicted octanol–water partition coefficient (Wildman–Crippen LogP) is 3.30. The van der Waals surface area contributed by atoms with Gasteiger partial charge < -0.3 is 4.90 Å². The molecule has 0 radical (unpaired) electrons. The normalized spacial score (nSPS) is 14.2. The zero-order valence-electron chi connectivity index (χ0n) is 17.4. The van der Waals surface area contributed by atoms with E-state index >= 15 is 0 Å². The maximum absolute atomic E-state index is 13.1. The minimum atomic E-state index is -3.98. The molecule has 0 saturated carbocycles. The van der Waals surface area contributed by atoms with Gasteiger partial charge in [-0.2, -0.15) is 4.98 Å². The Kier molecular flexibility index (Phi) is 6.08. The van der Waals surface area contributed by atoms with Crippen molar-refractivity contribution in [2.75, 3.05) is 28.0 Å². The first-order valence-corrected chi connectivity index (χ1v) is 11.7. The fourth-order valence-electron chi connectivity index (χ4n) is 3.46. The molecule has 3 aromatic rings. The minimum absolute atomic E-state index is 0.0934. The number of piperidine rings is 1. The first kappa shape index (κ1) is 21.8. The SMILES string of the molecule is Cc1ccc(S(=O)(=O)Nc2ccc(F)cc2)cc1C(=O)Nc1nc(N2CCCCC2)n[nH]1. The van der Waals surface area contributed by atoms with Crippen molar-refractivity contribution in [2.45, 2.75) is 31.1 Å². The Bertz CT molecular complexity index is 1220. The van der Waals surface area contributed by atoms with Crippen LogP contribution in [0.2, 0.25) is 0 Å². The van der Waals surface area contributed by atoms with E-state index in [-0.39, 0.29) is 22.1 Å². The number of H-pyrrole nitrogens is 1. The van der Waals surface area contributed by atoms with E-state index in [0.717, 1.165) is 38.1 Å². The quantitative estimate of drug-likeness (QED) is 0.521. The van der Waals surface area contributed by atoms with Crippen molar-refractivity contribution >= 4 is 33.5 Å². The van der Waals surface area contributed by atoms with E-state index in [4.69, 9.17) is 0 Å². The van der Waals surface area contributed by atoms with Gasteiger partial charge in [0.05, 0.1) is 4.90 Å². The first-order chi connectivity index (χ1) is 15.3. The van der Waals surface area contributed by atoms with Gasteiger partial charge in [0.1, 0.15) is 5.82 Å². The van der Waals surface area contributed by atoms with Gasteiger partial charge in [-0.1, -0.05) is 6.07 Å². The average Bonchev–Trinajstić information content (AvgIpc) is 3.24. The van der Waals surface area contributed by atoms with Crippen LogP contribution in [-0.2, 0) is 10.0 Å². The number of amides is 1. The van der Waals surface area contributed by atoms with Crippen molar-refractivity contribution < 1.29 is 17.6 Å². The average molecular weight is 459 g/mol. The molecule has 32 heavy (non-hydrogen) atoms. The zero-order chi connectivity index (χ0) is 22.7. The van der Waals surface area contributed by atoms with E-state index in [1.165, 1.54) is 30.7 Å². The maximum Gasteiger partial charge on any atom is 0.261 e. The summed E-state index contributed by atoms with van der Waals surface area (Å²) in [6.45, 7) is 3.44. The van der Waals surface area contributed by atoms with Crippen molar-refractivity contribution in [1.29, 1.82) is 0 Å². The lowest BCUT2D eigenvalue weighted by Crippen LogP contribution is -2.30. The van der Waals surface area contributed by atoms with Gasteiger partial charge in [-0.05, 0) is 68.1 Å². The molecule has 0 bridgehead atoms. The number of rotatable bonds is 6. The van der Waals surface area contributed by atoms with Crippen molar-refractivity contribution in [3.05, 3.63) is 59.4 Å². The summed E-state index contributed by atoms with van der Waals surface area (Å²) in [4.78, 5) is 19.1. The van der Waals surface area contributed by atoms with Gasteiger partial charge in [-0.15, -0.1) is 5.10 Å². The second kappa shape index (κ2) is 8.95. The number of anilines is 3. The molecule has 1 saturated heterocycles. The standard InChI is InChI=1S/C21H23FN6O3S/c1-14-5-10-17(32(30,31)27-16-8-6-15(22)7-9-16)13-18(14)19(29)23-20-24-21(26-25-20)28-11-3-2-4-12-28/h5-10,13,27H,2-4,11-12H2,1H3,(H2,23,24,25,26,29). The van der Waals surface area contributed by atoms with Gasteiger partial charge >= 0.3 is 0 Å². The Morgan fingerprint density at radius 3 is 2.53 bits per heavy atom. The molecule has 0 spiro atoms. The zero-order valence-corrected chi connectivity index (χ0v) is 18.2. The predicted molar refractivity (Wildman–Crippen MR) is 119 cm³/mol. The van der Waals surface area contributed by atoms with Crippen LogP contribution in [0, 0.1) is 12.7 Å². The molecule has 1 fully saturated rings. The number of halogens is 1.